The Morgan fingerprint density at radius 3 is 1.55 bits per heavy atom. The summed E-state index contributed by atoms with van der Waals surface area (Å²) < 4.78 is 0. The first-order chi connectivity index (χ1) is 18.5. The lowest BCUT2D eigenvalue weighted by molar-refractivity contribution is 0.309. The van der Waals surface area contributed by atoms with Crippen LogP contribution >= 0.6 is 0 Å². The highest BCUT2D eigenvalue weighted by atomic mass is 15.2. The normalized spacial score (nSPS) is 17.6. The minimum absolute atomic E-state index is 0.490. The minimum atomic E-state index is 0.490. The van der Waals surface area contributed by atoms with Gasteiger partial charge < -0.3 is 14.7 Å². The predicted molar refractivity (Wildman–Crippen MR) is 179 cm³/mol. The Labute approximate surface area is 248 Å². The Bertz CT molecular complexity index is 1060. The third-order valence-electron chi connectivity index (χ3n) is 6.99. The lowest BCUT2D eigenvalue weighted by atomic mass is 9.97. The Kier molecular flexibility index (Phi) is 13.8. The van der Waals surface area contributed by atoms with Gasteiger partial charge in [-0.1, -0.05) is 73.9 Å². The zero-order chi connectivity index (χ0) is 30.9. The van der Waals surface area contributed by atoms with Gasteiger partial charge >= 0.3 is 0 Å². The van der Waals surface area contributed by atoms with Crippen molar-refractivity contribution < 1.29 is 0 Å². The zero-order valence-electron chi connectivity index (χ0n) is 27.9. The third kappa shape index (κ3) is 9.91. The van der Waals surface area contributed by atoms with Crippen molar-refractivity contribution in [2.24, 2.45) is 17.8 Å². The van der Waals surface area contributed by atoms with Gasteiger partial charge in [0.15, 0.2) is 0 Å². The smallest absolute Gasteiger partial charge is 0.0337 e. The Morgan fingerprint density at radius 2 is 1.12 bits per heavy atom. The SMILES string of the molecule is C=C1C=C(C(C)C)N(C(C)C)C(=C)C1.C=C1C=CC=C(C(C)C)N1C(C)C.C=C1C=CN(C(C)C)C(C(C)C)=C1. The van der Waals surface area contributed by atoms with E-state index in [0.717, 1.165) is 17.7 Å². The summed E-state index contributed by atoms with van der Waals surface area (Å²) in [7, 11) is 0. The van der Waals surface area contributed by atoms with E-state index in [1.165, 1.54) is 28.4 Å². The Hall–Kier alpha value is -2.94. The van der Waals surface area contributed by atoms with Crippen molar-refractivity contribution in [3.8, 4) is 0 Å². The van der Waals surface area contributed by atoms with Crippen LogP contribution in [0, 0.1) is 17.8 Å². The summed E-state index contributed by atoms with van der Waals surface area (Å²) in [4.78, 5) is 6.93. The van der Waals surface area contributed by atoms with E-state index in [0.29, 0.717) is 35.9 Å². The van der Waals surface area contributed by atoms with E-state index in [-0.39, 0.29) is 0 Å². The van der Waals surface area contributed by atoms with Crippen molar-refractivity contribution >= 4 is 0 Å². The summed E-state index contributed by atoms with van der Waals surface area (Å²) in [6.45, 7) is 42.6. The minimum Gasteiger partial charge on any atom is -0.349 e. The molecule has 0 amide bonds. The van der Waals surface area contributed by atoms with E-state index in [2.05, 4.69) is 167 Å². The molecule has 3 nitrogen and oxygen atoms in total. The van der Waals surface area contributed by atoms with E-state index in [1.54, 1.807) is 0 Å². The van der Waals surface area contributed by atoms with Crippen LogP contribution in [-0.4, -0.2) is 32.8 Å². The molecule has 0 fully saturated rings. The second kappa shape index (κ2) is 15.7. The summed E-state index contributed by atoms with van der Waals surface area (Å²) in [5.41, 5.74) is 8.62. The maximum absolute atomic E-state index is 4.12. The lowest BCUT2D eigenvalue weighted by Crippen LogP contribution is -2.33. The summed E-state index contributed by atoms with van der Waals surface area (Å²) >= 11 is 0. The van der Waals surface area contributed by atoms with Crippen molar-refractivity contribution in [2.45, 2.75) is 108 Å². The molecule has 3 aliphatic rings. The van der Waals surface area contributed by atoms with Crippen LogP contribution in [0.5, 0.6) is 0 Å². The predicted octanol–water partition coefficient (Wildman–Crippen LogP) is 10.4. The average molecular weight is 546 g/mol. The first kappa shape index (κ1) is 35.1. The standard InChI is InChI=1S/C13H21N.2C12H19N/c1-9(2)13-8-11(5)7-12(6)14(13)10(3)4;1-9(2)12-8-11(5)6-7-13(12)10(3)4;1-9(2)12-8-6-7-11(5)13(12)10(3)4/h8-10H,5-7H2,1-4H3;2*6-10H,5H2,1-4H3. The van der Waals surface area contributed by atoms with Gasteiger partial charge in [-0.15, -0.1) is 0 Å². The van der Waals surface area contributed by atoms with Gasteiger partial charge in [0.25, 0.3) is 0 Å². The fraction of sp³-hybridized carbons (Fsp3) is 0.514. The van der Waals surface area contributed by atoms with Gasteiger partial charge in [0.1, 0.15) is 0 Å². The number of allylic oxidation sites excluding steroid dienone is 11. The number of nitrogens with zero attached hydrogens (tertiary/aromatic N) is 3. The molecule has 0 spiro atoms. The van der Waals surface area contributed by atoms with Crippen LogP contribution in [0.2, 0.25) is 0 Å². The van der Waals surface area contributed by atoms with E-state index in [1.807, 2.05) is 0 Å². The Morgan fingerprint density at radius 1 is 0.600 bits per heavy atom. The topological polar surface area (TPSA) is 9.72 Å². The highest BCUT2D eigenvalue weighted by molar-refractivity contribution is 5.36. The fourth-order valence-electron chi connectivity index (χ4n) is 5.16. The molecular weight excluding hydrogens is 486 g/mol. The van der Waals surface area contributed by atoms with E-state index >= 15 is 0 Å². The van der Waals surface area contributed by atoms with Gasteiger partial charge in [-0.05, 0) is 101 Å². The molecule has 40 heavy (non-hydrogen) atoms. The molecule has 0 aromatic carbocycles. The first-order valence-corrected chi connectivity index (χ1v) is 15.1. The summed E-state index contributed by atoms with van der Waals surface area (Å²) in [6, 6.07) is 1.51. The molecule has 0 atom stereocenters. The Balaban J connectivity index is 0.000000300. The summed E-state index contributed by atoms with van der Waals surface area (Å²) in [5.74, 6) is 1.65. The van der Waals surface area contributed by atoms with Crippen LogP contribution < -0.4 is 0 Å². The monoisotopic (exact) mass is 545 g/mol. The van der Waals surface area contributed by atoms with E-state index < -0.39 is 0 Å². The zero-order valence-corrected chi connectivity index (χ0v) is 27.9. The molecule has 0 radical (unpaired) electrons. The molecule has 0 N–H and O–H groups in total. The quantitative estimate of drug-likeness (QED) is 0.329. The van der Waals surface area contributed by atoms with E-state index in [9.17, 15) is 0 Å². The number of hydrogen-bond donors (Lipinski definition) is 0. The molecule has 0 saturated heterocycles. The molecule has 0 aliphatic carbocycles. The van der Waals surface area contributed by atoms with Crippen LogP contribution in [0.4, 0.5) is 0 Å². The maximum atomic E-state index is 4.12. The molecule has 3 heteroatoms. The largest absolute Gasteiger partial charge is 0.349 e. The maximum Gasteiger partial charge on any atom is 0.0337 e. The van der Waals surface area contributed by atoms with Crippen molar-refractivity contribution in [3.63, 3.8) is 0 Å². The fourth-order valence-corrected chi connectivity index (χ4v) is 5.16. The molecular formula is C37H59N3. The average Bonchev–Trinajstić information content (AvgIpc) is 2.83. The van der Waals surface area contributed by atoms with Crippen LogP contribution in [0.15, 0.2) is 109 Å². The second-order valence-electron chi connectivity index (χ2n) is 12.8. The molecule has 0 aromatic heterocycles. The summed E-state index contributed by atoms with van der Waals surface area (Å²) in [5, 5.41) is 0. The van der Waals surface area contributed by atoms with Gasteiger partial charge in [0.2, 0.25) is 0 Å². The van der Waals surface area contributed by atoms with Gasteiger partial charge in [-0.25, -0.2) is 0 Å². The summed E-state index contributed by atoms with van der Waals surface area (Å²) in [6.07, 6.45) is 15.8. The lowest BCUT2D eigenvalue weighted by Gasteiger charge is -2.38. The highest BCUT2D eigenvalue weighted by Crippen LogP contribution is 2.32. The molecule has 3 aliphatic heterocycles. The highest BCUT2D eigenvalue weighted by Gasteiger charge is 2.23. The third-order valence-corrected chi connectivity index (χ3v) is 6.99. The number of hydrogen-bond acceptors (Lipinski definition) is 3. The first-order valence-electron chi connectivity index (χ1n) is 15.1. The molecule has 3 heterocycles. The van der Waals surface area contributed by atoms with Crippen LogP contribution in [0.25, 0.3) is 0 Å². The molecule has 0 aromatic rings. The van der Waals surface area contributed by atoms with Crippen LogP contribution in [0.1, 0.15) is 89.5 Å². The van der Waals surface area contributed by atoms with Crippen molar-refractivity contribution in [2.75, 3.05) is 0 Å². The van der Waals surface area contributed by atoms with Gasteiger partial charge in [0, 0.05) is 59.2 Å². The van der Waals surface area contributed by atoms with Crippen molar-refractivity contribution in [1.82, 2.24) is 14.7 Å². The molecule has 0 saturated carbocycles. The molecule has 0 unspecified atom stereocenters. The molecule has 3 rings (SSSR count). The van der Waals surface area contributed by atoms with Gasteiger partial charge in [-0.2, -0.15) is 0 Å². The molecule has 222 valence electrons. The van der Waals surface area contributed by atoms with E-state index in [4.69, 9.17) is 0 Å². The number of rotatable bonds is 6. The second-order valence-corrected chi connectivity index (χ2v) is 12.8. The van der Waals surface area contributed by atoms with Crippen molar-refractivity contribution in [3.05, 3.63) is 109 Å². The van der Waals surface area contributed by atoms with Gasteiger partial charge in [0.05, 0.1) is 0 Å². The van der Waals surface area contributed by atoms with Crippen molar-refractivity contribution in [1.29, 1.82) is 0 Å². The van der Waals surface area contributed by atoms with Crippen LogP contribution in [-0.2, 0) is 0 Å². The molecule has 0 bridgehead atoms. The van der Waals surface area contributed by atoms with Gasteiger partial charge in [-0.3, -0.25) is 0 Å². The van der Waals surface area contributed by atoms with Crippen LogP contribution in [0.3, 0.4) is 0 Å².